The van der Waals surface area contributed by atoms with Crippen LogP contribution >= 0.6 is 11.6 Å². The van der Waals surface area contributed by atoms with Crippen molar-refractivity contribution in [2.45, 2.75) is 17.9 Å². The molecule has 2 rings (SSSR count). The normalized spacial score (nSPS) is 19.4. The minimum atomic E-state index is -4.01. The summed E-state index contributed by atoms with van der Waals surface area (Å²) in [6, 6.07) is 2.23. The van der Waals surface area contributed by atoms with Crippen molar-refractivity contribution in [1.29, 1.82) is 0 Å². The lowest BCUT2D eigenvalue weighted by Gasteiger charge is -2.12. The number of ether oxygens (including phenoxy) is 1. The zero-order valence-corrected chi connectivity index (χ0v) is 12.2. The Bertz CT molecular complexity index is 587. The number of benzene rings is 1. The van der Waals surface area contributed by atoms with E-state index in [9.17, 15) is 12.8 Å². The summed E-state index contributed by atoms with van der Waals surface area (Å²) in [5, 5.41) is 9.06. The van der Waals surface area contributed by atoms with Gasteiger partial charge in [0, 0.05) is 23.7 Å². The van der Waals surface area contributed by atoms with Crippen LogP contribution in [0.3, 0.4) is 0 Å². The molecule has 1 aromatic carbocycles. The van der Waals surface area contributed by atoms with Crippen molar-refractivity contribution in [2.75, 3.05) is 19.8 Å². The number of rotatable bonds is 5. The maximum atomic E-state index is 14.0. The van der Waals surface area contributed by atoms with Crippen LogP contribution in [-0.2, 0) is 21.4 Å². The van der Waals surface area contributed by atoms with Gasteiger partial charge in [-0.15, -0.1) is 0 Å². The van der Waals surface area contributed by atoms with Crippen molar-refractivity contribution in [1.82, 2.24) is 4.72 Å². The first-order valence-corrected chi connectivity index (χ1v) is 7.96. The Morgan fingerprint density at radius 3 is 2.85 bits per heavy atom. The molecular weight excluding hydrogens is 309 g/mol. The molecule has 0 saturated carbocycles. The van der Waals surface area contributed by atoms with Crippen LogP contribution in [0.5, 0.6) is 0 Å². The van der Waals surface area contributed by atoms with Gasteiger partial charge < -0.3 is 9.84 Å². The quantitative estimate of drug-likeness (QED) is 0.856. The number of aliphatic hydroxyl groups excluding tert-OH is 1. The summed E-state index contributed by atoms with van der Waals surface area (Å²) in [5.41, 5.74) is -0.151. The third-order valence-electron chi connectivity index (χ3n) is 3.13. The third-order valence-corrected chi connectivity index (χ3v) is 4.77. The maximum absolute atomic E-state index is 14.0. The molecular formula is C12H15ClFNO4S. The van der Waals surface area contributed by atoms with Gasteiger partial charge >= 0.3 is 0 Å². The van der Waals surface area contributed by atoms with Gasteiger partial charge in [-0.1, -0.05) is 11.6 Å². The van der Waals surface area contributed by atoms with Crippen LogP contribution in [0.4, 0.5) is 4.39 Å². The minimum Gasteiger partial charge on any atom is -0.392 e. The van der Waals surface area contributed by atoms with Gasteiger partial charge in [-0.25, -0.2) is 17.5 Å². The van der Waals surface area contributed by atoms with E-state index in [1.807, 2.05) is 0 Å². The Morgan fingerprint density at radius 1 is 1.50 bits per heavy atom. The SMILES string of the molecule is O=S(=O)(NCC1CCOC1)c1cc(Cl)cc(CO)c1F. The van der Waals surface area contributed by atoms with E-state index in [4.69, 9.17) is 21.4 Å². The smallest absolute Gasteiger partial charge is 0.243 e. The van der Waals surface area contributed by atoms with Crippen molar-refractivity contribution in [3.63, 3.8) is 0 Å². The van der Waals surface area contributed by atoms with Gasteiger partial charge in [0.25, 0.3) is 0 Å². The van der Waals surface area contributed by atoms with Gasteiger partial charge in [0.15, 0.2) is 0 Å². The average molecular weight is 324 g/mol. The fourth-order valence-corrected chi connectivity index (χ4v) is 3.54. The highest BCUT2D eigenvalue weighted by Gasteiger charge is 2.24. The van der Waals surface area contributed by atoms with Gasteiger partial charge in [-0.05, 0) is 24.5 Å². The highest BCUT2D eigenvalue weighted by atomic mass is 35.5. The Labute approximate surface area is 121 Å². The molecule has 0 aliphatic carbocycles. The summed E-state index contributed by atoms with van der Waals surface area (Å²) in [5.74, 6) is -0.892. The van der Waals surface area contributed by atoms with Crippen molar-refractivity contribution >= 4 is 21.6 Å². The molecule has 5 nitrogen and oxygen atoms in total. The van der Waals surface area contributed by atoms with E-state index in [2.05, 4.69) is 4.72 Å². The molecule has 1 saturated heterocycles. The van der Waals surface area contributed by atoms with E-state index in [0.29, 0.717) is 13.2 Å². The van der Waals surface area contributed by atoms with Crippen molar-refractivity contribution < 1.29 is 22.7 Å². The molecule has 112 valence electrons. The van der Waals surface area contributed by atoms with E-state index in [1.165, 1.54) is 6.07 Å². The minimum absolute atomic E-state index is 0.0556. The zero-order valence-electron chi connectivity index (χ0n) is 10.6. The number of nitrogens with one attached hydrogen (secondary N) is 1. The van der Waals surface area contributed by atoms with Gasteiger partial charge in [-0.3, -0.25) is 0 Å². The summed E-state index contributed by atoms with van der Waals surface area (Å²) in [4.78, 5) is -0.548. The fourth-order valence-electron chi connectivity index (χ4n) is 1.98. The van der Waals surface area contributed by atoms with Crippen LogP contribution in [0.25, 0.3) is 0 Å². The molecule has 1 aliphatic heterocycles. The van der Waals surface area contributed by atoms with Gasteiger partial charge in [0.1, 0.15) is 10.7 Å². The standard InChI is InChI=1S/C12H15ClFNO4S/c13-10-3-9(6-16)12(14)11(4-10)20(17,18)15-5-8-1-2-19-7-8/h3-4,8,15-16H,1-2,5-7H2. The monoisotopic (exact) mass is 323 g/mol. The van der Waals surface area contributed by atoms with E-state index < -0.39 is 27.3 Å². The number of halogens is 2. The second kappa shape index (κ2) is 6.36. The Morgan fingerprint density at radius 2 is 2.25 bits per heavy atom. The zero-order chi connectivity index (χ0) is 14.8. The summed E-state index contributed by atoms with van der Waals surface area (Å²) < 4.78 is 45.7. The Hall–Kier alpha value is -0.730. The molecule has 0 radical (unpaired) electrons. The first-order valence-electron chi connectivity index (χ1n) is 6.10. The van der Waals surface area contributed by atoms with Gasteiger partial charge in [0.2, 0.25) is 10.0 Å². The molecule has 1 aromatic rings. The highest BCUT2D eigenvalue weighted by Crippen LogP contribution is 2.24. The van der Waals surface area contributed by atoms with E-state index >= 15 is 0 Å². The van der Waals surface area contributed by atoms with Crippen LogP contribution in [-0.4, -0.2) is 33.3 Å². The molecule has 1 unspecified atom stereocenters. The summed E-state index contributed by atoms with van der Waals surface area (Å²) >= 11 is 5.74. The highest BCUT2D eigenvalue weighted by molar-refractivity contribution is 7.89. The van der Waals surface area contributed by atoms with Crippen LogP contribution in [0.2, 0.25) is 5.02 Å². The molecule has 1 atom stereocenters. The lowest BCUT2D eigenvalue weighted by molar-refractivity contribution is 0.186. The van der Waals surface area contributed by atoms with Crippen LogP contribution < -0.4 is 4.72 Å². The fraction of sp³-hybridized carbons (Fsp3) is 0.500. The lowest BCUT2D eigenvalue weighted by Crippen LogP contribution is -2.30. The molecule has 0 amide bonds. The molecule has 1 fully saturated rings. The third kappa shape index (κ3) is 3.48. The summed E-state index contributed by atoms with van der Waals surface area (Å²) in [6.45, 7) is 0.656. The molecule has 0 bridgehead atoms. The second-order valence-corrected chi connectivity index (χ2v) is 6.79. The Kier molecular flexibility index (Phi) is 4.98. The number of hydrogen-bond donors (Lipinski definition) is 2. The Balaban J connectivity index is 2.22. The van der Waals surface area contributed by atoms with Crippen molar-refractivity contribution in [2.24, 2.45) is 5.92 Å². The molecule has 2 N–H and O–H groups in total. The maximum Gasteiger partial charge on any atom is 0.243 e. The topological polar surface area (TPSA) is 75.6 Å². The van der Waals surface area contributed by atoms with Gasteiger partial charge in [0.05, 0.1) is 13.2 Å². The van der Waals surface area contributed by atoms with Crippen molar-refractivity contribution in [3.05, 3.63) is 28.5 Å². The molecule has 0 spiro atoms. The van der Waals surface area contributed by atoms with Crippen LogP contribution in [0.1, 0.15) is 12.0 Å². The van der Waals surface area contributed by atoms with Gasteiger partial charge in [-0.2, -0.15) is 0 Å². The number of sulfonamides is 1. The predicted molar refractivity (Wildman–Crippen MR) is 71.4 cm³/mol. The largest absolute Gasteiger partial charge is 0.392 e. The van der Waals surface area contributed by atoms with Crippen molar-refractivity contribution in [3.8, 4) is 0 Å². The number of hydrogen-bond acceptors (Lipinski definition) is 4. The molecule has 1 heterocycles. The summed E-state index contributed by atoms with van der Waals surface area (Å²) in [7, 11) is -4.01. The van der Waals surface area contributed by atoms with Crippen LogP contribution in [0.15, 0.2) is 17.0 Å². The predicted octanol–water partition coefficient (Wildman–Crippen LogP) is 1.29. The number of aliphatic hydroxyl groups is 1. The summed E-state index contributed by atoms with van der Waals surface area (Å²) in [6.07, 6.45) is 0.766. The van der Waals surface area contributed by atoms with E-state index in [-0.39, 0.29) is 23.0 Å². The average Bonchev–Trinajstić information content (AvgIpc) is 2.92. The first-order chi connectivity index (χ1) is 9.44. The second-order valence-electron chi connectivity index (χ2n) is 4.62. The van der Waals surface area contributed by atoms with Crippen LogP contribution in [0, 0.1) is 11.7 Å². The van der Waals surface area contributed by atoms with E-state index in [1.54, 1.807) is 0 Å². The molecule has 20 heavy (non-hydrogen) atoms. The lowest BCUT2D eigenvalue weighted by atomic mass is 10.1. The molecule has 1 aliphatic rings. The molecule has 8 heteroatoms. The first kappa shape index (κ1) is 15.7. The molecule has 0 aromatic heterocycles. The van der Waals surface area contributed by atoms with E-state index in [0.717, 1.165) is 12.5 Å².